The monoisotopic (exact) mass is 237 g/mol. The van der Waals surface area contributed by atoms with Crippen LogP contribution in [0.2, 0.25) is 0 Å². The number of rotatable bonds is 3. The molecule has 0 spiro atoms. The van der Waals surface area contributed by atoms with Gasteiger partial charge in [-0.1, -0.05) is 6.07 Å². The molecule has 0 aliphatic carbocycles. The van der Waals surface area contributed by atoms with Crippen molar-refractivity contribution in [3.05, 3.63) is 23.8 Å². The van der Waals surface area contributed by atoms with Gasteiger partial charge in [-0.25, -0.2) is 0 Å². The number of benzene rings is 1. The molecule has 2 N–H and O–H groups in total. The molecule has 0 amide bonds. The van der Waals surface area contributed by atoms with Crippen molar-refractivity contribution in [1.29, 1.82) is 0 Å². The molecule has 0 saturated carbocycles. The highest BCUT2D eigenvalue weighted by Crippen LogP contribution is 2.25. The Labute approximate surface area is 102 Å². The van der Waals surface area contributed by atoms with Crippen LogP contribution >= 0.6 is 0 Å². The minimum absolute atomic E-state index is 0.0224. The van der Waals surface area contributed by atoms with Gasteiger partial charge in [-0.15, -0.1) is 0 Å². The maximum absolute atomic E-state index is 5.72. The van der Waals surface area contributed by atoms with Gasteiger partial charge in [0.15, 0.2) is 5.79 Å². The van der Waals surface area contributed by atoms with E-state index in [4.69, 9.17) is 19.9 Å². The molecule has 4 heteroatoms. The second-order valence-electron chi connectivity index (χ2n) is 4.79. The van der Waals surface area contributed by atoms with E-state index in [1.807, 2.05) is 39.0 Å². The summed E-state index contributed by atoms with van der Waals surface area (Å²) in [4.78, 5) is 0. The summed E-state index contributed by atoms with van der Waals surface area (Å²) in [5.74, 6) is 0.303. The Kier molecular flexibility index (Phi) is 3.26. The van der Waals surface area contributed by atoms with E-state index in [0.717, 1.165) is 11.3 Å². The van der Waals surface area contributed by atoms with Crippen LogP contribution in [0.25, 0.3) is 0 Å². The lowest BCUT2D eigenvalue weighted by Crippen LogP contribution is -2.25. The van der Waals surface area contributed by atoms with E-state index in [-0.39, 0.29) is 6.10 Å². The highest BCUT2D eigenvalue weighted by molar-refractivity contribution is 5.47. The first-order valence-corrected chi connectivity index (χ1v) is 5.77. The van der Waals surface area contributed by atoms with Crippen LogP contribution in [0, 0.1) is 6.92 Å². The Morgan fingerprint density at radius 2 is 2.24 bits per heavy atom. The molecule has 1 aliphatic rings. The molecule has 4 nitrogen and oxygen atoms in total. The molecule has 0 aromatic heterocycles. The molecule has 1 atom stereocenters. The Morgan fingerprint density at radius 1 is 1.47 bits per heavy atom. The van der Waals surface area contributed by atoms with Crippen molar-refractivity contribution in [2.45, 2.75) is 32.7 Å². The minimum atomic E-state index is -0.501. The van der Waals surface area contributed by atoms with Crippen molar-refractivity contribution < 1.29 is 14.2 Å². The van der Waals surface area contributed by atoms with E-state index < -0.39 is 5.79 Å². The third kappa shape index (κ3) is 3.11. The Balaban J connectivity index is 1.92. The fraction of sp³-hybridized carbons (Fsp3) is 0.538. The average Bonchev–Trinajstić information content (AvgIpc) is 2.60. The Hall–Kier alpha value is -1.26. The first-order valence-electron chi connectivity index (χ1n) is 5.77. The van der Waals surface area contributed by atoms with Crippen LogP contribution in [0.15, 0.2) is 18.2 Å². The zero-order valence-corrected chi connectivity index (χ0v) is 10.5. The Bertz CT molecular complexity index is 404. The first kappa shape index (κ1) is 12.2. The van der Waals surface area contributed by atoms with Gasteiger partial charge in [0.05, 0.1) is 6.61 Å². The van der Waals surface area contributed by atoms with Crippen molar-refractivity contribution in [3.63, 3.8) is 0 Å². The van der Waals surface area contributed by atoms with E-state index >= 15 is 0 Å². The number of hydrogen-bond donors (Lipinski definition) is 1. The predicted molar refractivity (Wildman–Crippen MR) is 66.0 cm³/mol. The first-order chi connectivity index (χ1) is 7.96. The van der Waals surface area contributed by atoms with Crippen molar-refractivity contribution in [2.75, 3.05) is 18.9 Å². The summed E-state index contributed by atoms with van der Waals surface area (Å²) < 4.78 is 16.8. The van der Waals surface area contributed by atoms with Crippen LogP contribution in [0.5, 0.6) is 5.75 Å². The van der Waals surface area contributed by atoms with Crippen LogP contribution in [-0.4, -0.2) is 25.1 Å². The standard InChI is InChI=1S/C13H19NO3/c1-9-4-5-10(14)6-12(9)15-7-11-8-16-13(2,3)17-11/h4-6,11H,7-8,14H2,1-3H3. The number of hydrogen-bond acceptors (Lipinski definition) is 4. The smallest absolute Gasteiger partial charge is 0.163 e. The van der Waals surface area contributed by atoms with Crippen LogP contribution in [0.1, 0.15) is 19.4 Å². The predicted octanol–water partition coefficient (Wildman–Crippen LogP) is 2.11. The van der Waals surface area contributed by atoms with Gasteiger partial charge >= 0.3 is 0 Å². The quantitative estimate of drug-likeness (QED) is 0.818. The van der Waals surface area contributed by atoms with Gasteiger partial charge < -0.3 is 19.9 Å². The molecular weight excluding hydrogens is 218 g/mol. The molecule has 1 fully saturated rings. The molecule has 1 aromatic carbocycles. The summed E-state index contributed by atoms with van der Waals surface area (Å²) >= 11 is 0. The summed E-state index contributed by atoms with van der Waals surface area (Å²) in [6.45, 7) is 6.84. The zero-order valence-electron chi connectivity index (χ0n) is 10.5. The normalized spacial score (nSPS) is 22.6. The summed E-state index contributed by atoms with van der Waals surface area (Å²) in [6.07, 6.45) is -0.0224. The van der Waals surface area contributed by atoms with Crippen molar-refractivity contribution in [2.24, 2.45) is 0 Å². The SMILES string of the molecule is Cc1ccc(N)cc1OCC1COC(C)(C)O1. The third-order valence-electron chi connectivity index (χ3n) is 2.70. The zero-order chi connectivity index (χ0) is 12.5. The molecule has 1 saturated heterocycles. The second kappa shape index (κ2) is 4.55. The molecule has 2 rings (SSSR count). The molecule has 0 bridgehead atoms. The van der Waals surface area contributed by atoms with Gasteiger partial charge in [0.25, 0.3) is 0 Å². The third-order valence-corrected chi connectivity index (χ3v) is 2.70. The van der Waals surface area contributed by atoms with Crippen molar-refractivity contribution in [3.8, 4) is 5.75 Å². The molecule has 1 heterocycles. The number of nitrogens with two attached hydrogens (primary N) is 1. The molecule has 0 radical (unpaired) electrons. The molecule has 1 unspecified atom stereocenters. The number of ether oxygens (including phenoxy) is 3. The van der Waals surface area contributed by atoms with Gasteiger partial charge in [0.1, 0.15) is 18.5 Å². The van der Waals surface area contributed by atoms with Crippen LogP contribution in [-0.2, 0) is 9.47 Å². The van der Waals surface area contributed by atoms with Crippen LogP contribution < -0.4 is 10.5 Å². The lowest BCUT2D eigenvalue weighted by molar-refractivity contribution is -0.141. The molecule has 1 aromatic rings. The lowest BCUT2D eigenvalue weighted by atomic mass is 10.2. The summed E-state index contributed by atoms with van der Waals surface area (Å²) in [5, 5.41) is 0. The highest BCUT2D eigenvalue weighted by atomic mass is 16.7. The largest absolute Gasteiger partial charge is 0.490 e. The van der Waals surface area contributed by atoms with Gasteiger partial charge in [-0.3, -0.25) is 0 Å². The topological polar surface area (TPSA) is 53.7 Å². The van der Waals surface area contributed by atoms with E-state index in [2.05, 4.69) is 0 Å². The van der Waals surface area contributed by atoms with E-state index in [1.165, 1.54) is 0 Å². The van der Waals surface area contributed by atoms with E-state index in [1.54, 1.807) is 0 Å². The number of aryl methyl sites for hydroxylation is 1. The second-order valence-corrected chi connectivity index (χ2v) is 4.79. The molecule has 17 heavy (non-hydrogen) atoms. The van der Waals surface area contributed by atoms with Gasteiger partial charge in [-0.2, -0.15) is 0 Å². The van der Waals surface area contributed by atoms with Crippen molar-refractivity contribution in [1.82, 2.24) is 0 Å². The fourth-order valence-corrected chi connectivity index (χ4v) is 1.80. The molecule has 94 valence electrons. The minimum Gasteiger partial charge on any atom is -0.490 e. The molecule has 1 aliphatic heterocycles. The van der Waals surface area contributed by atoms with Crippen molar-refractivity contribution >= 4 is 5.69 Å². The van der Waals surface area contributed by atoms with Gasteiger partial charge in [-0.05, 0) is 32.4 Å². The summed E-state index contributed by atoms with van der Waals surface area (Å²) in [5.41, 5.74) is 7.49. The van der Waals surface area contributed by atoms with Crippen LogP contribution in [0.4, 0.5) is 5.69 Å². The maximum Gasteiger partial charge on any atom is 0.163 e. The lowest BCUT2D eigenvalue weighted by Gasteiger charge is -2.17. The molecular formula is C13H19NO3. The van der Waals surface area contributed by atoms with Gasteiger partial charge in [0, 0.05) is 11.8 Å². The van der Waals surface area contributed by atoms with E-state index in [0.29, 0.717) is 18.9 Å². The average molecular weight is 237 g/mol. The van der Waals surface area contributed by atoms with Gasteiger partial charge in [0.2, 0.25) is 0 Å². The van der Waals surface area contributed by atoms with Crippen LogP contribution in [0.3, 0.4) is 0 Å². The maximum atomic E-state index is 5.72. The summed E-state index contributed by atoms with van der Waals surface area (Å²) in [6, 6.07) is 5.64. The number of anilines is 1. The fourth-order valence-electron chi connectivity index (χ4n) is 1.80. The summed E-state index contributed by atoms with van der Waals surface area (Å²) in [7, 11) is 0. The number of nitrogen functional groups attached to an aromatic ring is 1. The van der Waals surface area contributed by atoms with E-state index in [9.17, 15) is 0 Å². The highest BCUT2D eigenvalue weighted by Gasteiger charge is 2.32. The Morgan fingerprint density at radius 3 is 2.88 bits per heavy atom.